The average Bonchev–Trinajstić information content (AvgIpc) is 2.81. The minimum Gasteiger partial charge on any atom is -0.454 e. The van der Waals surface area contributed by atoms with Crippen LogP contribution in [-0.4, -0.2) is 19.4 Å². The number of urea groups is 1. The second kappa shape index (κ2) is 5.43. The van der Waals surface area contributed by atoms with E-state index in [1.165, 1.54) is 0 Å². The van der Waals surface area contributed by atoms with Crippen molar-refractivity contribution in [1.29, 1.82) is 0 Å². The number of amides is 2. The maximum atomic E-state index is 11.3. The van der Waals surface area contributed by atoms with Crippen LogP contribution in [0, 0.1) is 0 Å². The first kappa shape index (κ1) is 11.6. The van der Waals surface area contributed by atoms with E-state index in [0.717, 1.165) is 23.5 Å². The van der Waals surface area contributed by atoms with E-state index in [1.807, 2.05) is 25.1 Å². The molecule has 2 rings (SSSR count). The maximum Gasteiger partial charge on any atom is 0.315 e. The van der Waals surface area contributed by atoms with Crippen molar-refractivity contribution in [1.82, 2.24) is 10.6 Å². The van der Waals surface area contributed by atoms with Crippen molar-refractivity contribution in [2.24, 2.45) is 0 Å². The highest BCUT2D eigenvalue weighted by molar-refractivity contribution is 5.73. The van der Waals surface area contributed by atoms with E-state index in [9.17, 15) is 4.79 Å². The first-order valence-corrected chi connectivity index (χ1v) is 5.70. The third-order valence-corrected chi connectivity index (χ3v) is 2.43. The fraction of sp³-hybridized carbons (Fsp3) is 0.417. The highest BCUT2D eigenvalue weighted by atomic mass is 16.7. The van der Waals surface area contributed by atoms with Gasteiger partial charge in [0.25, 0.3) is 0 Å². The van der Waals surface area contributed by atoms with Gasteiger partial charge in [0.05, 0.1) is 0 Å². The zero-order valence-electron chi connectivity index (χ0n) is 9.79. The van der Waals surface area contributed by atoms with Gasteiger partial charge in [0.15, 0.2) is 11.5 Å². The van der Waals surface area contributed by atoms with Gasteiger partial charge in [0.1, 0.15) is 0 Å². The Morgan fingerprint density at radius 1 is 1.29 bits per heavy atom. The van der Waals surface area contributed by atoms with Crippen molar-refractivity contribution in [3.8, 4) is 11.5 Å². The second-order valence-corrected chi connectivity index (χ2v) is 3.80. The van der Waals surface area contributed by atoms with Gasteiger partial charge in [-0.2, -0.15) is 0 Å². The molecule has 5 heteroatoms. The second-order valence-electron chi connectivity index (χ2n) is 3.80. The Bertz CT molecular complexity index is 407. The monoisotopic (exact) mass is 236 g/mol. The highest BCUT2D eigenvalue weighted by Crippen LogP contribution is 2.32. The Labute approximate surface area is 100 Å². The first-order valence-electron chi connectivity index (χ1n) is 5.70. The smallest absolute Gasteiger partial charge is 0.315 e. The lowest BCUT2D eigenvalue weighted by atomic mass is 10.2. The van der Waals surface area contributed by atoms with Crippen molar-refractivity contribution >= 4 is 6.03 Å². The molecule has 1 aliphatic heterocycles. The molecule has 0 atom stereocenters. The van der Waals surface area contributed by atoms with Crippen molar-refractivity contribution < 1.29 is 14.3 Å². The number of hydrogen-bond donors (Lipinski definition) is 2. The minimum atomic E-state index is -0.149. The van der Waals surface area contributed by atoms with Gasteiger partial charge >= 0.3 is 6.03 Å². The molecular weight excluding hydrogens is 220 g/mol. The minimum absolute atomic E-state index is 0.149. The van der Waals surface area contributed by atoms with Gasteiger partial charge in [-0.1, -0.05) is 13.0 Å². The molecule has 17 heavy (non-hydrogen) atoms. The van der Waals surface area contributed by atoms with Crippen LogP contribution in [0.15, 0.2) is 18.2 Å². The Morgan fingerprint density at radius 3 is 2.94 bits per heavy atom. The largest absolute Gasteiger partial charge is 0.454 e. The molecule has 92 valence electrons. The van der Waals surface area contributed by atoms with Crippen molar-refractivity contribution in [3.05, 3.63) is 23.8 Å². The summed E-state index contributed by atoms with van der Waals surface area (Å²) in [5.74, 6) is 1.49. The lowest BCUT2D eigenvalue weighted by Gasteiger charge is -2.07. The number of carbonyl (C=O) groups is 1. The van der Waals surface area contributed by atoms with Crippen LogP contribution in [0.5, 0.6) is 11.5 Å². The fourth-order valence-corrected chi connectivity index (χ4v) is 1.53. The van der Waals surface area contributed by atoms with Crippen LogP contribution in [0.3, 0.4) is 0 Å². The quantitative estimate of drug-likeness (QED) is 0.835. The van der Waals surface area contributed by atoms with E-state index >= 15 is 0 Å². The first-order chi connectivity index (χ1) is 8.29. The summed E-state index contributed by atoms with van der Waals surface area (Å²) in [4.78, 5) is 11.3. The summed E-state index contributed by atoms with van der Waals surface area (Å²) in [6, 6.07) is 5.49. The fourth-order valence-electron chi connectivity index (χ4n) is 1.53. The van der Waals surface area contributed by atoms with Crippen molar-refractivity contribution in [2.45, 2.75) is 19.9 Å². The third kappa shape index (κ3) is 3.03. The summed E-state index contributed by atoms with van der Waals surface area (Å²) in [5.41, 5.74) is 0.987. The SMILES string of the molecule is CCCNC(=O)NCc1ccc2c(c1)OCO2. The van der Waals surface area contributed by atoms with E-state index in [2.05, 4.69) is 10.6 Å². The molecule has 0 spiro atoms. The van der Waals surface area contributed by atoms with Crippen LogP contribution in [0.4, 0.5) is 4.79 Å². The van der Waals surface area contributed by atoms with Crippen LogP contribution >= 0.6 is 0 Å². The van der Waals surface area contributed by atoms with Crippen LogP contribution < -0.4 is 20.1 Å². The normalized spacial score (nSPS) is 12.3. The topological polar surface area (TPSA) is 59.6 Å². The molecule has 0 saturated heterocycles. The van der Waals surface area contributed by atoms with Gasteiger partial charge in [0.2, 0.25) is 6.79 Å². The number of rotatable bonds is 4. The maximum absolute atomic E-state index is 11.3. The number of fused-ring (bicyclic) bond motifs is 1. The zero-order chi connectivity index (χ0) is 12.1. The number of ether oxygens (including phenoxy) is 2. The summed E-state index contributed by atoms with van der Waals surface area (Å²) >= 11 is 0. The van der Waals surface area contributed by atoms with Gasteiger partial charge in [-0.3, -0.25) is 0 Å². The number of benzene rings is 1. The Morgan fingerprint density at radius 2 is 2.12 bits per heavy atom. The number of carbonyl (C=O) groups excluding carboxylic acids is 1. The van der Waals surface area contributed by atoms with E-state index in [4.69, 9.17) is 9.47 Å². The molecule has 0 radical (unpaired) electrons. The standard InChI is InChI=1S/C12H16N2O3/c1-2-5-13-12(15)14-7-9-3-4-10-11(6-9)17-8-16-10/h3-4,6H,2,5,7-8H2,1H3,(H2,13,14,15). The van der Waals surface area contributed by atoms with Crippen LogP contribution in [0.1, 0.15) is 18.9 Å². The summed E-state index contributed by atoms with van der Waals surface area (Å²) in [6.45, 7) is 3.44. The molecule has 2 amide bonds. The highest BCUT2D eigenvalue weighted by Gasteiger charge is 2.13. The molecular formula is C12H16N2O3. The van der Waals surface area contributed by atoms with Gasteiger partial charge in [-0.15, -0.1) is 0 Å². The number of hydrogen-bond acceptors (Lipinski definition) is 3. The molecule has 1 aromatic carbocycles. The van der Waals surface area contributed by atoms with Gasteiger partial charge < -0.3 is 20.1 Å². The molecule has 1 aromatic rings. The Hall–Kier alpha value is -1.91. The summed E-state index contributed by atoms with van der Waals surface area (Å²) in [5, 5.41) is 5.53. The molecule has 2 N–H and O–H groups in total. The average molecular weight is 236 g/mol. The number of nitrogens with one attached hydrogen (secondary N) is 2. The van der Waals surface area contributed by atoms with Gasteiger partial charge in [0, 0.05) is 13.1 Å². The van der Waals surface area contributed by atoms with Crippen LogP contribution in [0.25, 0.3) is 0 Å². The Balaban J connectivity index is 1.85. The molecule has 0 saturated carbocycles. The van der Waals surface area contributed by atoms with Crippen molar-refractivity contribution in [2.75, 3.05) is 13.3 Å². The van der Waals surface area contributed by atoms with Crippen molar-refractivity contribution in [3.63, 3.8) is 0 Å². The molecule has 1 heterocycles. The molecule has 5 nitrogen and oxygen atoms in total. The molecule has 0 fully saturated rings. The summed E-state index contributed by atoms with van der Waals surface area (Å²) < 4.78 is 10.5. The van der Waals surface area contributed by atoms with E-state index in [0.29, 0.717) is 13.1 Å². The Kier molecular flexibility index (Phi) is 3.69. The van der Waals surface area contributed by atoms with E-state index in [1.54, 1.807) is 0 Å². The molecule has 0 aliphatic carbocycles. The van der Waals surface area contributed by atoms with Gasteiger partial charge in [-0.05, 0) is 24.1 Å². The van der Waals surface area contributed by atoms with Crippen LogP contribution in [-0.2, 0) is 6.54 Å². The lowest BCUT2D eigenvalue weighted by molar-refractivity contribution is 0.174. The zero-order valence-corrected chi connectivity index (χ0v) is 9.79. The van der Waals surface area contributed by atoms with Crippen LogP contribution in [0.2, 0.25) is 0 Å². The molecule has 1 aliphatic rings. The molecule has 0 bridgehead atoms. The molecule has 0 unspecified atom stereocenters. The summed E-state index contributed by atoms with van der Waals surface area (Å²) in [6.07, 6.45) is 0.928. The predicted molar refractivity (Wildman–Crippen MR) is 63.1 cm³/mol. The molecule has 0 aromatic heterocycles. The third-order valence-electron chi connectivity index (χ3n) is 2.43. The lowest BCUT2D eigenvalue weighted by Crippen LogP contribution is -2.35. The van der Waals surface area contributed by atoms with Gasteiger partial charge in [-0.25, -0.2) is 4.79 Å². The summed E-state index contributed by atoms with van der Waals surface area (Å²) in [7, 11) is 0. The van der Waals surface area contributed by atoms with E-state index < -0.39 is 0 Å². The van der Waals surface area contributed by atoms with E-state index in [-0.39, 0.29) is 12.8 Å². The predicted octanol–water partition coefficient (Wildman–Crippen LogP) is 1.62.